The predicted molar refractivity (Wildman–Crippen MR) is 104 cm³/mol. The first-order valence-corrected chi connectivity index (χ1v) is 10.3. The maximum Gasteiger partial charge on any atom is 0.227 e. The molecule has 4 nitrogen and oxygen atoms in total. The zero-order valence-electron chi connectivity index (χ0n) is 15.6. The first-order valence-electron chi connectivity index (χ1n) is 9.87. The number of hydrogen-bond donors (Lipinski definition) is 0. The average molecular weight is 377 g/mol. The van der Waals surface area contributed by atoms with Crippen LogP contribution >= 0.6 is 11.6 Å². The summed E-state index contributed by atoms with van der Waals surface area (Å²) >= 11 is 5.93. The molecule has 0 spiro atoms. The van der Waals surface area contributed by atoms with Gasteiger partial charge in [-0.2, -0.15) is 0 Å². The Morgan fingerprint density at radius 2 is 1.96 bits per heavy atom. The van der Waals surface area contributed by atoms with Crippen LogP contribution in [0.1, 0.15) is 44.6 Å². The normalized spacial score (nSPS) is 20.3. The smallest absolute Gasteiger partial charge is 0.227 e. The second-order valence-electron chi connectivity index (χ2n) is 7.68. The van der Waals surface area contributed by atoms with Gasteiger partial charge in [0.05, 0.1) is 5.92 Å². The standard InChI is InChI=1S/C21H29ClN2O2/c1-2-12-24(14-17-3-4-17)21(26)18-7-10-20(25)23(15-18)13-11-16-5-8-19(22)9-6-16/h5-6,8-9,17-18H,2-4,7,10-15H2,1H3. The Morgan fingerprint density at radius 3 is 2.62 bits per heavy atom. The Labute approximate surface area is 161 Å². The first-order chi connectivity index (χ1) is 12.6. The topological polar surface area (TPSA) is 40.6 Å². The number of benzene rings is 1. The van der Waals surface area contributed by atoms with Crippen molar-refractivity contribution in [2.24, 2.45) is 11.8 Å². The van der Waals surface area contributed by atoms with Crippen molar-refractivity contribution in [1.29, 1.82) is 0 Å². The van der Waals surface area contributed by atoms with Gasteiger partial charge in [0.15, 0.2) is 0 Å². The number of carbonyl (C=O) groups is 2. The lowest BCUT2D eigenvalue weighted by Gasteiger charge is -2.35. The third kappa shape index (κ3) is 5.23. The molecule has 1 aliphatic heterocycles. The van der Waals surface area contributed by atoms with E-state index in [9.17, 15) is 9.59 Å². The van der Waals surface area contributed by atoms with E-state index in [4.69, 9.17) is 11.6 Å². The molecule has 142 valence electrons. The lowest BCUT2D eigenvalue weighted by Crippen LogP contribution is -2.48. The molecular formula is C21H29ClN2O2. The lowest BCUT2D eigenvalue weighted by molar-refractivity contribution is -0.143. The number of nitrogens with zero attached hydrogens (tertiary/aromatic N) is 2. The Morgan fingerprint density at radius 1 is 1.23 bits per heavy atom. The number of piperidine rings is 1. The minimum atomic E-state index is -0.0387. The van der Waals surface area contributed by atoms with Crippen LogP contribution in [0.15, 0.2) is 24.3 Å². The van der Waals surface area contributed by atoms with Crippen molar-refractivity contribution >= 4 is 23.4 Å². The van der Waals surface area contributed by atoms with Gasteiger partial charge in [-0.05, 0) is 55.7 Å². The molecule has 2 fully saturated rings. The maximum absolute atomic E-state index is 13.0. The number of likely N-dealkylation sites (tertiary alicyclic amines) is 1. The maximum atomic E-state index is 13.0. The predicted octanol–water partition coefficient (Wildman–Crippen LogP) is 3.77. The van der Waals surface area contributed by atoms with Gasteiger partial charge < -0.3 is 9.80 Å². The van der Waals surface area contributed by atoms with E-state index in [1.807, 2.05) is 29.2 Å². The molecule has 26 heavy (non-hydrogen) atoms. The largest absolute Gasteiger partial charge is 0.342 e. The summed E-state index contributed by atoms with van der Waals surface area (Å²) in [6, 6.07) is 7.75. The van der Waals surface area contributed by atoms with E-state index in [-0.39, 0.29) is 17.7 Å². The Hall–Kier alpha value is -1.55. The molecular weight excluding hydrogens is 348 g/mol. The molecule has 1 heterocycles. The third-order valence-electron chi connectivity index (χ3n) is 5.41. The zero-order chi connectivity index (χ0) is 18.5. The quantitative estimate of drug-likeness (QED) is 0.692. The molecule has 1 aromatic carbocycles. The summed E-state index contributed by atoms with van der Waals surface area (Å²) in [5, 5.41) is 0.722. The molecule has 5 heteroatoms. The molecule has 0 aromatic heterocycles. The van der Waals surface area contributed by atoms with E-state index in [0.717, 1.165) is 36.5 Å². The minimum Gasteiger partial charge on any atom is -0.342 e. The van der Waals surface area contributed by atoms with Crippen LogP contribution in [-0.4, -0.2) is 47.8 Å². The van der Waals surface area contributed by atoms with E-state index in [2.05, 4.69) is 11.8 Å². The molecule has 0 radical (unpaired) electrons. The summed E-state index contributed by atoms with van der Waals surface area (Å²) in [7, 11) is 0. The zero-order valence-corrected chi connectivity index (χ0v) is 16.4. The Bertz CT molecular complexity index is 627. The van der Waals surface area contributed by atoms with E-state index >= 15 is 0 Å². The molecule has 0 N–H and O–H groups in total. The highest BCUT2D eigenvalue weighted by atomic mass is 35.5. The number of rotatable bonds is 8. The molecule has 1 aliphatic carbocycles. The van der Waals surface area contributed by atoms with Crippen molar-refractivity contribution < 1.29 is 9.59 Å². The summed E-state index contributed by atoms with van der Waals surface area (Å²) in [5.41, 5.74) is 1.16. The first kappa shape index (κ1) is 19.2. The SMILES string of the molecule is CCCN(CC1CC1)C(=O)C1CCC(=O)N(CCc2ccc(Cl)cc2)C1. The molecule has 0 bridgehead atoms. The van der Waals surface area contributed by atoms with Gasteiger partial charge in [-0.15, -0.1) is 0 Å². The van der Waals surface area contributed by atoms with Crippen molar-refractivity contribution in [2.75, 3.05) is 26.2 Å². The van der Waals surface area contributed by atoms with Gasteiger partial charge >= 0.3 is 0 Å². The fraction of sp³-hybridized carbons (Fsp3) is 0.619. The van der Waals surface area contributed by atoms with Crippen molar-refractivity contribution in [3.8, 4) is 0 Å². The molecule has 1 saturated heterocycles. The van der Waals surface area contributed by atoms with Crippen molar-refractivity contribution in [2.45, 2.75) is 45.4 Å². The number of halogens is 1. The number of amides is 2. The Kier molecular flexibility index (Phi) is 6.58. The van der Waals surface area contributed by atoms with Crippen LogP contribution in [0.3, 0.4) is 0 Å². The van der Waals surface area contributed by atoms with Crippen LogP contribution in [0.25, 0.3) is 0 Å². The van der Waals surface area contributed by atoms with E-state index in [1.54, 1.807) is 0 Å². The van der Waals surface area contributed by atoms with Gasteiger partial charge in [0.1, 0.15) is 0 Å². The minimum absolute atomic E-state index is 0.0387. The fourth-order valence-electron chi connectivity index (χ4n) is 3.68. The van der Waals surface area contributed by atoms with Crippen molar-refractivity contribution in [3.05, 3.63) is 34.9 Å². The summed E-state index contributed by atoms with van der Waals surface area (Å²) in [6.45, 7) is 5.10. The summed E-state index contributed by atoms with van der Waals surface area (Å²) in [4.78, 5) is 29.2. The Balaban J connectivity index is 1.56. The van der Waals surface area contributed by atoms with Gasteiger partial charge in [0.25, 0.3) is 0 Å². The monoisotopic (exact) mass is 376 g/mol. The van der Waals surface area contributed by atoms with Crippen LogP contribution in [0.4, 0.5) is 0 Å². The van der Waals surface area contributed by atoms with Gasteiger partial charge in [-0.25, -0.2) is 0 Å². The van der Waals surface area contributed by atoms with Crippen LogP contribution in [0.5, 0.6) is 0 Å². The summed E-state index contributed by atoms with van der Waals surface area (Å²) < 4.78 is 0. The second kappa shape index (κ2) is 8.90. The second-order valence-corrected chi connectivity index (χ2v) is 8.12. The van der Waals surface area contributed by atoms with Crippen LogP contribution in [0.2, 0.25) is 5.02 Å². The van der Waals surface area contributed by atoms with Crippen LogP contribution in [0, 0.1) is 11.8 Å². The average Bonchev–Trinajstić information content (AvgIpc) is 3.45. The summed E-state index contributed by atoms with van der Waals surface area (Å²) in [5.74, 6) is 1.09. The fourth-order valence-corrected chi connectivity index (χ4v) is 3.81. The molecule has 1 saturated carbocycles. The molecule has 1 atom stereocenters. The van der Waals surface area contributed by atoms with E-state index in [0.29, 0.717) is 31.8 Å². The van der Waals surface area contributed by atoms with Gasteiger partial charge in [0, 0.05) is 37.6 Å². The lowest BCUT2D eigenvalue weighted by atomic mass is 9.95. The van der Waals surface area contributed by atoms with E-state index < -0.39 is 0 Å². The van der Waals surface area contributed by atoms with Gasteiger partial charge in [-0.3, -0.25) is 9.59 Å². The number of hydrogen-bond acceptors (Lipinski definition) is 2. The molecule has 1 unspecified atom stereocenters. The molecule has 3 rings (SSSR count). The molecule has 1 aromatic rings. The molecule has 2 amide bonds. The van der Waals surface area contributed by atoms with Crippen LogP contribution < -0.4 is 0 Å². The summed E-state index contributed by atoms with van der Waals surface area (Å²) in [6.07, 6.45) is 5.48. The highest BCUT2D eigenvalue weighted by molar-refractivity contribution is 6.30. The van der Waals surface area contributed by atoms with Gasteiger partial charge in [0.2, 0.25) is 11.8 Å². The van der Waals surface area contributed by atoms with Crippen molar-refractivity contribution in [3.63, 3.8) is 0 Å². The number of carbonyl (C=O) groups excluding carboxylic acids is 2. The van der Waals surface area contributed by atoms with Crippen molar-refractivity contribution in [1.82, 2.24) is 9.80 Å². The molecule has 2 aliphatic rings. The third-order valence-corrected chi connectivity index (χ3v) is 5.67. The van der Waals surface area contributed by atoms with Crippen LogP contribution in [-0.2, 0) is 16.0 Å². The van der Waals surface area contributed by atoms with E-state index in [1.165, 1.54) is 12.8 Å². The van der Waals surface area contributed by atoms with Gasteiger partial charge in [-0.1, -0.05) is 30.7 Å². The highest BCUT2D eigenvalue weighted by Crippen LogP contribution is 2.31. The highest BCUT2D eigenvalue weighted by Gasteiger charge is 2.34.